The minimum Gasteiger partial charge on any atom is -0.390 e. The van der Waals surface area contributed by atoms with Crippen LogP contribution < -0.4 is 5.73 Å². The van der Waals surface area contributed by atoms with Crippen LogP contribution in [-0.2, 0) is 13.0 Å². The molecule has 88 valence electrons. The maximum atomic E-state index is 9.55. The summed E-state index contributed by atoms with van der Waals surface area (Å²) in [6.45, 7) is 5.16. The maximum absolute atomic E-state index is 9.55. The lowest BCUT2D eigenvalue weighted by Crippen LogP contribution is -2.39. The maximum Gasteiger partial charge on any atom is 0.0789 e. The van der Waals surface area contributed by atoms with Crippen LogP contribution in [0.25, 0.3) is 0 Å². The van der Waals surface area contributed by atoms with Gasteiger partial charge in [0.25, 0.3) is 0 Å². The van der Waals surface area contributed by atoms with Gasteiger partial charge < -0.3 is 10.8 Å². The molecule has 0 saturated heterocycles. The highest BCUT2D eigenvalue weighted by molar-refractivity contribution is 5.36. The van der Waals surface area contributed by atoms with Crippen LogP contribution in [0.4, 0.5) is 0 Å². The van der Waals surface area contributed by atoms with E-state index in [1.165, 1.54) is 16.7 Å². The molecular formula is C13H20N2O. The summed E-state index contributed by atoms with van der Waals surface area (Å²) >= 11 is 0. The summed E-state index contributed by atoms with van der Waals surface area (Å²) < 4.78 is 0. The highest BCUT2D eigenvalue weighted by atomic mass is 16.3. The Hall–Kier alpha value is -0.900. The first-order valence-electron chi connectivity index (χ1n) is 5.88. The van der Waals surface area contributed by atoms with Crippen molar-refractivity contribution in [2.24, 2.45) is 5.73 Å². The number of benzene rings is 1. The molecule has 0 fully saturated rings. The topological polar surface area (TPSA) is 49.5 Å². The summed E-state index contributed by atoms with van der Waals surface area (Å²) in [6.07, 6.45) is 0.686. The molecule has 1 aliphatic heterocycles. The van der Waals surface area contributed by atoms with E-state index in [4.69, 9.17) is 5.73 Å². The van der Waals surface area contributed by atoms with E-state index >= 15 is 0 Å². The lowest BCUT2D eigenvalue weighted by atomic mass is 9.95. The molecule has 0 radical (unpaired) electrons. The molecule has 3 N–H and O–H groups in total. The van der Waals surface area contributed by atoms with Gasteiger partial charge in [-0.1, -0.05) is 18.2 Å². The molecule has 1 atom stereocenters. The van der Waals surface area contributed by atoms with E-state index < -0.39 is 6.10 Å². The van der Waals surface area contributed by atoms with E-state index in [9.17, 15) is 5.11 Å². The van der Waals surface area contributed by atoms with Gasteiger partial charge in [-0.2, -0.15) is 0 Å². The van der Waals surface area contributed by atoms with Crippen molar-refractivity contribution in [1.82, 2.24) is 4.90 Å². The standard InChI is InChI=1S/C13H20N2O/c1-10-3-2-4-11-8-15(6-5-13(10)11)9-12(16)7-14/h2-4,12,16H,5-9,14H2,1H3. The molecular weight excluding hydrogens is 200 g/mol. The molecule has 0 aromatic heterocycles. The third kappa shape index (κ3) is 2.43. The van der Waals surface area contributed by atoms with Crippen molar-refractivity contribution < 1.29 is 5.11 Å². The molecule has 1 unspecified atom stereocenters. The summed E-state index contributed by atoms with van der Waals surface area (Å²) in [7, 11) is 0. The monoisotopic (exact) mass is 220 g/mol. The van der Waals surface area contributed by atoms with Gasteiger partial charge in [-0.15, -0.1) is 0 Å². The Morgan fingerprint density at radius 3 is 3.06 bits per heavy atom. The van der Waals surface area contributed by atoms with Gasteiger partial charge in [0.2, 0.25) is 0 Å². The van der Waals surface area contributed by atoms with Crippen LogP contribution in [0.3, 0.4) is 0 Å². The summed E-state index contributed by atoms with van der Waals surface area (Å²) in [6, 6.07) is 6.46. The average molecular weight is 220 g/mol. The van der Waals surface area contributed by atoms with Gasteiger partial charge in [-0.3, -0.25) is 4.90 Å². The fourth-order valence-corrected chi connectivity index (χ4v) is 2.39. The second kappa shape index (κ2) is 4.95. The molecule has 0 saturated carbocycles. The molecule has 0 aliphatic carbocycles. The van der Waals surface area contributed by atoms with Crippen molar-refractivity contribution in [2.75, 3.05) is 19.6 Å². The molecule has 3 nitrogen and oxygen atoms in total. The van der Waals surface area contributed by atoms with Crippen molar-refractivity contribution in [3.8, 4) is 0 Å². The summed E-state index contributed by atoms with van der Waals surface area (Å²) in [5.41, 5.74) is 9.70. The van der Waals surface area contributed by atoms with Crippen LogP contribution in [0.2, 0.25) is 0 Å². The van der Waals surface area contributed by atoms with Gasteiger partial charge in [-0.05, 0) is 30.0 Å². The number of hydrogen-bond acceptors (Lipinski definition) is 3. The zero-order chi connectivity index (χ0) is 11.5. The Morgan fingerprint density at radius 2 is 2.31 bits per heavy atom. The number of fused-ring (bicyclic) bond motifs is 1. The van der Waals surface area contributed by atoms with Crippen LogP contribution in [0.5, 0.6) is 0 Å². The molecule has 3 heteroatoms. The lowest BCUT2D eigenvalue weighted by Gasteiger charge is -2.30. The van der Waals surface area contributed by atoms with E-state index in [0.717, 1.165) is 19.5 Å². The zero-order valence-corrected chi connectivity index (χ0v) is 9.82. The van der Waals surface area contributed by atoms with Gasteiger partial charge in [0.05, 0.1) is 6.10 Å². The van der Waals surface area contributed by atoms with E-state index in [1.807, 2.05) is 0 Å². The summed E-state index contributed by atoms with van der Waals surface area (Å²) in [4.78, 5) is 2.28. The number of aliphatic hydroxyl groups is 1. The van der Waals surface area contributed by atoms with Gasteiger partial charge in [0, 0.05) is 26.2 Å². The van der Waals surface area contributed by atoms with Crippen molar-refractivity contribution >= 4 is 0 Å². The Kier molecular flexibility index (Phi) is 3.59. The first-order chi connectivity index (χ1) is 7.70. The average Bonchev–Trinajstić information content (AvgIpc) is 2.29. The molecule has 1 heterocycles. The van der Waals surface area contributed by atoms with Crippen LogP contribution in [0, 0.1) is 6.92 Å². The first kappa shape index (κ1) is 11.6. The fraction of sp³-hybridized carbons (Fsp3) is 0.538. The number of aryl methyl sites for hydroxylation is 1. The lowest BCUT2D eigenvalue weighted by molar-refractivity contribution is 0.111. The Labute approximate surface area is 96.9 Å². The summed E-state index contributed by atoms with van der Waals surface area (Å²) in [5.74, 6) is 0. The van der Waals surface area contributed by atoms with Crippen LogP contribution >= 0.6 is 0 Å². The quantitative estimate of drug-likeness (QED) is 0.787. The number of nitrogens with two attached hydrogens (primary N) is 1. The molecule has 0 amide bonds. The third-order valence-corrected chi connectivity index (χ3v) is 3.32. The van der Waals surface area contributed by atoms with Crippen molar-refractivity contribution in [2.45, 2.75) is 26.0 Å². The van der Waals surface area contributed by atoms with Gasteiger partial charge in [0.1, 0.15) is 0 Å². The Balaban J connectivity index is 2.06. The van der Waals surface area contributed by atoms with E-state index in [2.05, 4.69) is 30.0 Å². The Bertz CT molecular complexity index is 365. The number of β-amino-alcohol motifs (C(OH)–C–C–N with tert-alkyl or cyclic N) is 1. The number of hydrogen-bond donors (Lipinski definition) is 2. The number of aliphatic hydroxyl groups excluding tert-OH is 1. The minimum absolute atomic E-state index is 0.344. The molecule has 2 rings (SSSR count). The van der Waals surface area contributed by atoms with Crippen LogP contribution in [0.1, 0.15) is 16.7 Å². The molecule has 1 aliphatic rings. The van der Waals surface area contributed by atoms with Crippen LogP contribution in [0.15, 0.2) is 18.2 Å². The van der Waals surface area contributed by atoms with Crippen molar-refractivity contribution in [3.05, 3.63) is 34.9 Å². The largest absolute Gasteiger partial charge is 0.390 e. The second-order valence-corrected chi connectivity index (χ2v) is 4.59. The molecule has 1 aromatic carbocycles. The van der Waals surface area contributed by atoms with Crippen molar-refractivity contribution in [1.29, 1.82) is 0 Å². The predicted molar refractivity (Wildman–Crippen MR) is 65.2 cm³/mol. The predicted octanol–water partition coefficient (Wildman–Crippen LogP) is 0.673. The second-order valence-electron chi connectivity index (χ2n) is 4.59. The number of nitrogens with zero attached hydrogens (tertiary/aromatic N) is 1. The van der Waals surface area contributed by atoms with Crippen molar-refractivity contribution in [3.63, 3.8) is 0 Å². The smallest absolute Gasteiger partial charge is 0.0789 e. The van der Waals surface area contributed by atoms with Gasteiger partial charge >= 0.3 is 0 Å². The molecule has 0 spiro atoms. The van der Waals surface area contributed by atoms with Crippen LogP contribution in [-0.4, -0.2) is 35.7 Å². The third-order valence-electron chi connectivity index (χ3n) is 3.32. The highest BCUT2D eigenvalue weighted by Gasteiger charge is 2.18. The molecule has 0 bridgehead atoms. The van der Waals surface area contributed by atoms with E-state index in [1.54, 1.807) is 0 Å². The normalized spacial score (nSPS) is 18.2. The summed E-state index contributed by atoms with van der Waals surface area (Å²) in [5, 5.41) is 9.55. The molecule has 1 aromatic rings. The first-order valence-corrected chi connectivity index (χ1v) is 5.88. The zero-order valence-electron chi connectivity index (χ0n) is 9.82. The van der Waals surface area contributed by atoms with Gasteiger partial charge in [0.15, 0.2) is 0 Å². The minimum atomic E-state index is -0.397. The highest BCUT2D eigenvalue weighted by Crippen LogP contribution is 2.21. The number of rotatable bonds is 3. The fourth-order valence-electron chi connectivity index (χ4n) is 2.39. The molecule has 16 heavy (non-hydrogen) atoms. The van der Waals surface area contributed by atoms with E-state index in [-0.39, 0.29) is 0 Å². The SMILES string of the molecule is Cc1cccc2c1CCN(CC(O)CN)C2. The Morgan fingerprint density at radius 1 is 1.50 bits per heavy atom. The van der Waals surface area contributed by atoms with Gasteiger partial charge in [-0.25, -0.2) is 0 Å². The van der Waals surface area contributed by atoms with E-state index in [0.29, 0.717) is 13.1 Å².